The SMILES string of the molecule is O=C(O)C1(Cc2nc3nccnc3s2)CCCCCC1. The normalized spacial score (nSPS) is 18.8. The molecule has 6 heteroatoms. The van der Waals surface area contributed by atoms with Gasteiger partial charge in [0.15, 0.2) is 10.5 Å². The van der Waals surface area contributed by atoms with Crippen LogP contribution in [0.2, 0.25) is 0 Å². The molecular weight excluding hydrogens is 274 g/mol. The average molecular weight is 291 g/mol. The lowest BCUT2D eigenvalue weighted by atomic mass is 9.78. The fraction of sp³-hybridized carbons (Fsp3) is 0.571. The minimum Gasteiger partial charge on any atom is -0.481 e. The van der Waals surface area contributed by atoms with Gasteiger partial charge < -0.3 is 5.11 Å². The van der Waals surface area contributed by atoms with E-state index >= 15 is 0 Å². The van der Waals surface area contributed by atoms with Crippen LogP contribution in [0.4, 0.5) is 0 Å². The predicted molar refractivity (Wildman–Crippen MR) is 76.7 cm³/mol. The smallest absolute Gasteiger partial charge is 0.310 e. The summed E-state index contributed by atoms with van der Waals surface area (Å²) in [6.07, 6.45) is 9.52. The number of carboxylic acid groups (broad SMARTS) is 1. The van der Waals surface area contributed by atoms with Gasteiger partial charge in [-0.3, -0.25) is 4.79 Å². The summed E-state index contributed by atoms with van der Waals surface area (Å²) in [5.41, 5.74) is -0.0219. The van der Waals surface area contributed by atoms with E-state index in [0.29, 0.717) is 12.1 Å². The summed E-state index contributed by atoms with van der Waals surface area (Å²) in [6, 6.07) is 0. The van der Waals surface area contributed by atoms with Gasteiger partial charge in [-0.25, -0.2) is 15.0 Å². The summed E-state index contributed by atoms with van der Waals surface area (Å²) in [6.45, 7) is 0. The van der Waals surface area contributed by atoms with Gasteiger partial charge in [0.25, 0.3) is 0 Å². The highest BCUT2D eigenvalue weighted by Gasteiger charge is 2.39. The number of thiazole rings is 1. The third kappa shape index (κ3) is 2.52. The second-order valence-electron chi connectivity index (χ2n) is 5.47. The first-order valence-electron chi connectivity index (χ1n) is 6.99. The van der Waals surface area contributed by atoms with Crippen LogP contribution in [0.15, 0.2) is 12.4 Å². The van der Waals surface area contributed by atoms with Crippen LogP contribution in [-0.2, 0) is 11.2 Å². The zero-order chi connectivity index (χ0) is 14.0. The van der Waals surface area contributed by atoms with Gasteiger partial charge in [-0.05, 0) is 12.8 Å². The number of rotatable bonds is 3. The first kappa shape index (κ1) is 13.4. The molecule has 5 nitrogen and oxygen atoms in total. The van der Waals surface area contributed by atoms with Gasteiger partial charge in [0, 0.05) is 18.8 Å². The number of fused-ring (bicyclic) bond motifs is 1. The summed E-state index contributed by atoms with van der Waals surface area (Å²) in [5, 5.41) is 10.5. The van der Waals surface area contributed by atoms with Crippen molar-refractivity contribution in [2.45, 2.75) is 44.9 Å². The van der Waals surface area contributed by atoms with Crippen molar-refractivity contribution in [3.8, 4) is 0 Å². The van der Waals surface area contributed by atoms with Crippen LogP contribution >= 0.6 is 11.3 Å². The minimum absolute atomic E-state index is 0.505. The maximum atomic E-state index is 11.8. The number of hydrogen-bond acceptors (Lipinski definition) is 5. The number of hydrogen-bond donors (Lipinski definition) is 1. The first-order chi connectivity index (χ1) is 9.70. The number of carboxylic acids is 1. The molecule has 0 saturated heterocycles. The minimum atomic E-state index is -0.681. The topological polar surface area (TPSA) is 76.0 Å². The summed E-state index contributed by atoms with van der Waals surface area (Å²) in [7, 11) is 0. The van der Waals surface area contributed by atoms with Crippen LogP contribution in [-0.4, -0.2) is 26.0 Å². The summed E-state index contributed by atoms with van der Waals surface area (Å²) in [4.78, 5) is 25.4. The Morgan fingerprint density at radius 2 is 1.90 bits per heavy atom. The second kappa shape index (κ2) is 5.44. The van der Waals surface area contributed by atoms with Crippen LogP contribution in [0.1, 0.15) is 43.5 Å². The Morgan fingerprint density at radius 1 is 1.20 bits per heavy atom. The highest BCUT2D eigenvalue weighted by Crippen LogP contribution is 2.39. The van der Waals surface area contributed by atoms with E-state index in [1.165, 1.54) is 11.3 Å². The van der Waals surface area contributed by atoms with E-state index in [4.69, 9.17) is 0 Å². The van der Waals surface area contributed by atoms with Crippen molar-refractivity contribution < 1.29 is 9.90 Å². The molecule has 106 valence electrons. The van der Waals surface area contributed by atoms with Gasteiger partial charge in [-0.15, -0.1) is 0 Å². The molecule has 0 aromatic carbocycles. The van der Waals surface area contributed by atoms with Gasteiger partial charge in [0.1, 0.15) is 0 Å². The molecule has 0 amide bonds. The van der Waals surface area contributed by atoms with E-state index < -0.39 is 11.4 Å². The molecule has 0 unspecified atom stereocenters. The van der Waals surface area contributed by atoms with Crippen molar-refractivity contribution in [2.75, 3.05) is 0 Å². The second-order valence-corrected chi connectivity index (χ2v) is 6.53. The average Bonchev–Trinajstić information content (AvgIpc) is 2.67. The fourth-order valence-electron chi connectivity index (χ4n) is 2.96. The number of nitrogens with zero attached hydrogens (tertiary/aromatic N) is 3. The van der Waals surface area contributed by atoms with Gasteiger partial charge in [0.05, 0.1) is 10.4 Å². The maximum Gasteiger partial charge on any atom is 0.310 e. The van der Waals surface area contributed by atoms with Crippen molar-refractivity contribution in [1.29, 1.82) is 0 Å². The number of aliphatic carboxylic acids is 1. The lowest BCUT2D eigenvalue weighted by molar-refractivity contribution is -0.149. The monoisotopic (exact) mass is 291 g/mol. The summed E-state index contributed by atoms with van der Waals surface area (Å²) < 4.78 is 0. The third-order valence-electron chi connectivity index (χ3n) is 4.10. The molecule has 2 aromatic rings. The zero-order valence-electron chi connectivity index (χ0n) is 11.2. The fourth-order valence-corrected chi connectivity index (χ4v) is 3.96. The molecule has 2 heterocycles. The number of carbonyl (C=O) groups is 1. The molecule has 1 aliphatic rings. The van der Waals surface area contributed by atoms with Crippen molar-refractivity contribution in [3.05, 3.63) is 17.4 Å². The van der Waals surface area contributed by atoms with Crippen molar-refractivity contribution >= 4 is 27.8 Å². The van der Waals surface area contributed by atoms with Crippen LogP contribution in [0.25, 0.3) is 10.5 Å². The molecule has 1 aliphatic carbocycles. The highest BCUT2D eigenvalue weighted by atomic mass is 32.1. The van der Waals surface area contributed by atoms with E-state index in [-0.39, 0.29) is 0 Å². The third-order valence-corrected chi connectivity index (χ3v) is 5.05. The molecule has 2 aromatic heterocycles. The lowest BCUT2D eigenvalue weighted by Gasteiger charge is -2.26. The summed E-state index contributed by atoms with van der Waals surface area (Å²) >= 11 is 1.47. The standard InChI is InChI=1S/C14H17N3O2S/c18-13(19)14(5-3-1-2-4-6-14)9-10-17-11-12(20-10)16-8-7-15-11/h7-8H,1-6,9H2,(H,18,19). The highest BCUT2D eigenvalue weighted by molar-refractivity contribution is 7.18. The van der Waals surface area contributed by atoms with Gasteiger partial charge >= 0.3 is 5.97 Å². The van der Waals surface area contributed by atoms with Crippen LogP contribution < -0.4 is 0 Å². The summed E-state index contributed by atoms with van der Waals surface area (Å²) in [5.74, 6) is -0.681. The molecule has 0 radical (unpaired) electrons. The Morgan fingerprint density at radius 3 is 2.55 bits per heavy atom. The molecule has 3 rings (SSSR count). The Kier molecular flexibility index (Phi) is 3.65. The Balaban J connectivity index is 1.90. The van der Waals surface area contributed by atoms with Crippen molar-refractivity contribution in [3.63, 3.8) is 0 Å². The Bertz CT molecular complexity index is 585. The first-order valence-corrected chi connectivity index (χ1v) is 7.81. The molecular formula is C14H17N3O2S. The Labute approximate surface area is 121 Å². The number of aromatic nitrogens is 3. The van der Waals surface area contributed by atoms with E-state index in [1.54, 1.807) is 12.4 Å². The van der Waals surface area contributed by atoms with E-state index in [1.807, 2.05) is 0 Å². The van der Waals surface area contributed by atoms with Crippen LogP contribution in [0.3, 0.4) is 0 Å². The van der Waals surface area contributed by atoms with E-state index in [9.17, 15) is 9.90 Å². The molecule has 0 aliphatic heterocycles. The van der Waals surface area contributed by atoms with Crippen molar-refractivity contribution in [2.24, 2.45) is 5.41 Å². The van der Waals surface area contributed by atoms with Crippen LogP contribution in [0, 0.1) is 5.41 Å². The predicted octanol–water partition coefficient (Wildman–Crippen LogP) is 3.05. The van der Waals surface area contributed by atoms with E-state index in [2.05, 4.69) is 15.0 Å². The maximum absolute atomic E-state index is 11.8. The molecule has 0 spiro atoms. The molecule has 1 saturated carbocycles. The molecule has 1 fully saturated rings. The van der Waals surface area contributed by atoms with Gasteiger partial charge in [0.2, 0.25) is 0 Å². The molecule has 0 bridgehead atoms. The van der Waals surface area contributed by atoms with Crippen LogP contribution in [0.5, 0.6) is 0 Å². The largest absolute Gasteiger partial charge is 0.481 e. The van der Waals surface area contributed by atoms with Gasteiger partial charge in [-0.1, -0.05) is 37.0 Å². The lowest BCUT2D eigenvalue weighted by Crippen LogP contribution is -2.32. The Hall–Kier alpha value is -1.56. The van der Waals surface area contributed by atoms with E-state index in [0.717, 1.165) is 48.4 Å². The molecule has 1 N–H and O–H groups in total. The molecule has 0 atom stereocenters. The van der Waals surface area contributed by atoms with Crippen molar-refractivity contribution in [1.82, 2.24) is 15.0 Å². The quantitative estimate of drug-likeness (QED) is 0.880. The molecule has 20 heavy (non-hydrogen) atoms. The zero-order valence-corrected chi connectivity index (χ0v) is 12.0. The van der Waals surface area contributed by atoms with Gasteiger partial charge in [-0.2, -0.15) is 0 Å².